The molecule has 10 heavy (non-hydrogen) atoms. The van der Waals surface area contributed by atoms with Gasteiger partial charge in [0.1, 0.15) is 12.6 Å². The molecule has 0 aromatic carbocycles. The summed E-state index contributed by atoms with van der Waals surface area (Å²) in [5, 5.41) is 0. The molecule has 0 atom stereocenters. The molecule has 0 N–H and O–H groups in total. The van der Waals surface area contributed by atoms with Gasteiger partial charge in [-0.15, -0.1) is 0 Å². The average Bonchev–Trinajstić information content (AvgIpc) is 1.91. The number of hydrogen-bond acceptors (Lipinski definition) is 2. The Morgan fingerprint density at radius 2 is 1.40 bits per heavy atom. The van der Waals surface area contributed by atoms with Crippen molar-refractivity contribution in [1.29, 1.82) is 0 Å². The van der Waals surface area contributed by atoms with E-state index < -0.39 is 30.8 Å². The minimum atomic E-state index is -0.931. The van der Waals surface area contributed by atoms with E-state index in [4.69, 9.17) is 12.8 Å². The second-order valence-corrected chi connectivity index (χ2v) is 5.01. The SMILES string of the molecule is O=CCCCC=O.[Cl][Ca][Cl]. The van der Waals surface area contributed by atoms with Gasteiger partial charge in [-0.3, -0.25) is 0 Å². The maximum atomic E-state index is 9.56. The second-order valence-electron chi connectivity index (χ2n) is 1.37. The summed E-state index contributed by atoms with van der Waals surface area (Å²) in [6, 6.07) is 0. The van der Waals surface area contributed by atoms with Gasteiger partial charge in [-0.1, -0.05) is 0 Å². The van der Waals surface area contributed by atoms with Crippen molar-refractivity contribution in [3.05, 3.63) is 0 Å². The Kier molecular flexibility index (Phi) is 22.9. The van der Waals surface area contributed by atoms with Gasteiger partial charge < -0.3 is 9.59 Å². The van der Waals surface area contributed by atoms with Gasteiger partial charge in [-0.05, 0) is 6.42 Å². The summed E-state index contributed by atoms with van der Waals surface area (Å²) >= 11 is -0.931. The molecule has 0 unspecified atom stereocenters. The van der Waals surface area contributed by atoms with Gasteiger partial charge in [0.2, 0.25) is 0 Å². The number of aldehydes is 2. The summed E-state index contributed by atoms with van der Waals surface area (Å²) in [6.45, 7) is 0. The van der Waals surface area contributed by atoms with Crippen LogP contribution in [0.4, 0.5) is 0 Å². The summed E-state index contributed by atoms with van der Waals surface area (Å²) in [5.74, 6) is 0. The van der Waals surface area contributed by atoms with E-state index in [0.717, 1.165) is 12.6 Å². The van der Waals surface area contributed by atoms with Crippen molar-refractivity contribution in [2.24, 2.45) is 0 Å². The van der Waals surface area contributed by atoms with Gasteiger partial charge in [0.15, 0.2) is 0 Å². The first-order valence-electron chi connectivity index (χ1n) is 2.82. The van der Waals surface area contributed by atoms with E-state index in [2.05, 4.69) is 0 Å². The molecular formula is C5H8CaCl2O2. The zero-order chi connectivity index (χ0) is 8.24. The van der Waals surface area contributed by atoms with Crippen LogP contribution in [-0.2, 0) is 9.59 Å². The van der Waals surface area contributed by atoms with Crippen LogP contribution in [0.3, 0.4) is 0 Å². The first-order chi connectivity index (χ1) is 4.83. The molecule has 0 rings (SSSR count). The number of unbranched alkanes of at least 4 members (excludes halogenated alkanes) is 2. The average molecular weight is 211 g/mol. The minimum absolute atomic E-state index is 0.513. The fraction of sp³-hybridized carbons (Fsp3) is 0.600. The Morgan fingerprint density at radius 1 is 1.10 bits per heavy atom. The summed E-state index contributed by atoms with van der Waals surface area (Å²) in [7, 11) is 0. The molecule has 0 aromatic heterocycles. The fourth-order valence-electron chi connectivity index (χ4n) is 0.285. The van der Waals surface area contributed by atoms with E-state index in [-0.39, 0.29) is 0 Å². The van der Waals surface area contributed by atoms with Crippen molar-refractivity contribution in [2.45, 2.75) is 19.3 Å². The number of hydrogen-bond donors (Lipinski definition) is 0. The quantitative estimate of drug-likeness (QED) is 0.401. The molecule has 2 nitrogen and oxygen atoms in total. The van der Waals surface area contributed by atoms with Gasteiger partial charge in [-0.25, -0.2) is 0 Å². The third kappa shape index (κ3) is 22.9. The van der Waals surface area contributed by atoms with E-state index in [1.165, 1.54) is 0 Å². The van der Waals surface area contributed by atoms with E-state index in [1.807, 2.05) is 0 Å². The normalized spacial score (nSPS) is 6.60. The van der Waals surface area contributed by atoms with Crippen LogP contribution in [0.25, 0.3) is 0 Å². The molecule has 0 aromatic rings. The van der Waals surface area contributed by atoms with Crippen LogP contribution in [-0.4, -0.2) is 43.4 Å². The van der Waals surface area contributed by atoms with Crippen LogP contribution in [0, 0.1) is 0 Å². The number of halogens is 2. The van der Waals surface area contributed by atoms with Crippen molar-refractivity contribution >= 4 is 56.2 Å². The van der Waals surface area contributed by atoms with Crippen LogP contribution < -0.4 is 0 Å². The van der Waals surface area contributed by atoms with Crippen molar-refractivity contribution in [1.82, 2.24) is 0 Å². The molecule has 0 aliphatic carbocycles. The Morgan fingerprint density at radius 3 is 1.60 bits per heavy atom. The van der Waals surface area contributed by atoms with Crippen LogP contribution in [0.5, 0.6) is 0 Å². The standard InChI is InChI=1S/C5H8O2.Ca.2ClH/c6-4-2-1-3-5-7;;;/h4-5H,1-3H2;;2*1H/q;+2;;/p-2. The third-order valence-corrected chi connectivity index (χ3v) is 0.644. The number of carbonyl (C=O) groups excluding carboxylic acids is 2. The molecule has 0 radical (unpaired) electrons. The molecule has 5 heteroatoms. The zero-order valence-corrected chi connectivity index (χ0v) is 9.28. The van der Waals surface area contributed by atoms with Crippen molar-refractivity contribution in [3.63, 3.8) is 0 Å². The molecule has 0 aliphatic heterocycles. The van der Waals surface area contributed by atoms with Crippen molar-refractivity contribution < 1.29 is 9.59 Å². The van der Waals surface area contributed by atoms with Crippen LogP contribution in [0.1, 0.15) is 19.3 Å². The number of carbonyl (C=O) groups is 2. The zero-order valence-electron chi connectivity index (χ0n) is 5.56. The summed E-state index contributed by atoms with van der Waals surface area (Å²) in [4.78, 5) is 19.1. The predicted octanol–water partition coefficient (Wildman–Crippen LogP) is 1.55. The molecule has 0 aliphatic rings. The molecule has 0 amide bonds. The van der Waals surface area contributed by atoms with Gasteiger partial charge in [0.25, 0.3) is 0 Å². The topological polar surface area (TPSA) is 34.1 Å². The number of rotatable bonds is 4. The maximum absolute atomic E-state index is 9.56. The molecule has 0 saturated carbocycles. The monoisotopic (exact) mass is 210 g/mol. The van der Waals surface area contributed by atoms with Gasteiger partial charge in [0, 0.05) is 12.8 Å². The van der Waals surface area contributed by atoms with Crippen LogP contribution in [0.2, 0.25) is 0 Å². The van der Waals surface area contributed by atoms with Gasteiger partial charge >= 0.3 is 43.6 Å². The Balaban J connectivity index is 0. The first-order valence-corrected chi connectivity index (χ1v) is 8.90. The summed E-state index contributed by atoms with van der Waals surface area (Å²) in [5.41, 5.74) is 0. The summed E-state index contributed by atoms with van der Waals surface area (Å²) < 4.78 is 0. The van der Waals surface area contributed by atoms with E-state index in [1.54, 1.807) is 0 Å². The Labute approximate surface area is 84.0 Å². The molecule has 56 valence electrons. The van der Waals surface area contributed by atoms with E-state index >= 15 is 0 Å². The van der Waals surface area contributed by atoms with Gasteiger partial charge in [0.05, 0.1) is 0 Å². The van der Waals surface area contributed by atoms with Crippen LogP contribution >= 0.6 is 12.8 Å². The second kappa shape index (κ2) is 16.6. The molecule has 0 fully saturated rings. The molecule has 0 spiro atoms. The molecule has 0 saturated heterocycles. The van der Waals surface area contributed by atoms with Crippen molar-refractivity contribution in [2.75, 3.05) is 0 Å². The predicted molar refractivity (Wildman–Crippen MR) is 43.4 cm³/mol. The first kappa shape index (κ1) is 13.7. The third-order valence-electron chi connectivity index (χ3n) is 0.644. The van der Waals surface area contributed by atoms with Crippen LogP contribution in [0.15, 0.2) is 0 Å². The Bertz CT molecular complexity index is 72.0. The summed E-state index contributed by atoms with van der Waals surface area (Å²) in [6.07, 6.45) is 13.3. The molecule has 0 bridgehead atoms. The van der Waals surface area contributed by atoms with Crippen molar-refractivity contribution in [3.8, 4) is 0 Å². The fourth-order valence-corrected chi connectivity index (χ4v) is 0.285. The molecule has 0 heterocycles. The Hall–Kier alpha value is 1.18. The van der Waals surface area contributed by atoms with Gasteiger partial charge in [-0.2, -0.15) is 0 Å². The van der Waals surface area contributed by atoms with E-state index in [9.17, 15) is 9.59 Å². The van der Waals surface area contributed by atoms with E-state index in [0.29, 0.717) is 19.3 Å². The molecular weight excluding hydrogens is 203 g/mol.